The van der Waals surface area contributed by atoms with Gasteiger partial charge in [0.05, 0.1) is 10.9 Å². The highest BCUT2D eigenvalue weighted by molar-refractivity contribution is 7.89. The lowest BCUT2D eigenvalue weighted by Gasteiger charge is -2.15. The Morgan fingerprint density at radius 2 is 1.50 bits per heavy atom. The SMILES string of the molecule is CC(=O)Nc1ccc(S(=O)(=O)N[C@@H](C)C(=O)Nc2ccc(-c3noc(C(C)(C)C)n3)cc2)cc1. The summed E-state index contributed by atoms with van der Waals surface area (Å²) in [5.74, 6) is 0.166. The zero-order chi connectivity index (χ0) is 25.1. The Hall–Kier alpha value is -3.57. The standard InChI is InChI=1S/C23H27N5O5S/c1-14(28-34(31,32)19-12-10-17(11-13-19)24-15(2)29)21(30)25-18-8-6-16(7-9-18)20-26-22(33-27-20)23(3,4)5/h6-14,28H,1-5H3,(H,24,29)(H,25,30)/t14-/m0/s1. The molecule has 10 nitrogen and oxygen atoms in total. The van der Waals surface area contributed by atoms with E-state index in [4.69, 9.17) is 4.52 Å². The molecule has 0 saturated heterocycles. The fourth-order valence-corrected chi connectivity index (χ4v) is 4.08. The molecule has 0 unspecified atom stereocenters. The van der Waals surface area contributed by atoms with E-state index < -0.39 is 22.0 Å². The maximum atomic E-state index is 12.6. The minimum Gasteiger partial charge on any atom is -0.338 e. The van der Waals surface area contributed by atoms with Crippen LogP contribution in [0.2, 0.25) is 0 Å². The third-order valence-electron chi connectivity index (χ3n) is 4.69. The lowest BCUT2D eigenvalue weighted by Crippen LogP contribution is -2.41. The number of nitrogens with zero attached hydrogens (tertiary/aromatic N) is 2. The number of aromatic nitrogens is 2. The van der Waals surface area contributed by atoms with E-state index in [1.807, 2.05) is 20.8 Å². The van der Waals surface area contributed by atoms with Crippen molar-refractivity contribution in [1.82, 2.24) is 14.9 Å². The van der Waals surface area contributed by atoms with Crippen LogP contribution in [0, 0.1) is 0 Å². The average molecular weight is 486 g/mol. The van der Waals surface area contributed by atoms with Crippen molar-refractivity contribution >= 4 is 33.2 Å². The molecule has 1 aromatic heterocycles. The predicted molar refractivity (Wildman–Crippen MR) is 128 cm³/mol. The number of hydrogen-bond donors (Lipinski definition) is 3. The van der Waals surface area contributed by atoms with Crippen molar-refractivity contribution in [2.24, 2.45) is 0 Å². The molecule has 0 aliphatic rings. The normalized spacial score (nSPS) is 12.7. The van der Waals surface area contributed by atoms with Gasteiger partial charge in [0.2, 0.25) is 33.6 Å². The fraction of sp³-hybridized carbons (Fsp3) is 0.304. The first-order valence-electron chi connectivity index (χ1n) is 10.5. The summed E-state index contributed by atoms with van der Waals surface area (Å²) in [6.45, 7) is 8.71. The molecule has 1 heterocycles. The first-order valence-corrected chi connectivity index (χ1v) is 12.0. The molecule has 2 amide bonds. The maximum Gasteiger partial charge on any atom is 0.242 e. The van der Waals surface area contributed by atoms with Gasteiger partial charge in [-0.25, -0.2) is 8.42 Å². The molecule has 3 rings (SSSR count). The fourth-order valence-electron chi connectivity index (χ4n) is 2.87. The Kier molecular flexibility index (Phi) is 7.18. The highest BCUT2D eigenvalue weighted by Gasteiger charge is 2.23. The zero-order valence-corrected chi connectivity index (χ0v) is 20.4. The molecule has 11 heteroatoms. The van der Waals surface area contributed by atoms with Gasteiger partial charge in [-0.2, -0.15) is 9.71 Å². The van der Waals surface area contributed by atoms with E-state index in [9.17, 15) is 18.0 Å². The van der Waals surface area contributed by atoms with Crippen molar-refractivity contribution in [3.05, 3.63) is 54.4 Å². The van der Waals surface area contributed by atoms with Crippen molar-refractivity contribution in [2.75, 3.05) is 10.6 Å². The van der Waals surface area contributed by atoms with Gasteiger partial charge < -0.3 is 15.2 Å². The molecule has 180 valence electrons. The molecule has 0 radical (unpaired) electrons. The van der Waals surface area contributed by atoms with Crippen LogP contribution in [0.15, 0.2) is 57.9 Å². The summed E-state index contributed by atoms with van der Waals surface area (Å²) in [6.07, 6.45) is 0. The predicted octanol–water partition coefficient (Wildman–Crippen LogP) is 3.30. The maximum absolute atomic E-state index is 12.6. The monoisotopic (exact) mass is 485 g/mol. The molecule has 34 heavy (non-hydrogen) atoms. The van der Waals surface area contributed by atoms with Gasteiger partial charge in [0.25, 0.3) is 0 Å². The van der Waals surface area contributed by atoms with Gasteiger partial charge in [0, 0.05) is 29.3 Å². The number of carbonyl (C=O) groups is 2. The van der Waals surface area contributed by atoms with Crippen LogP contribution in [0.25, 0.3) is 11.4 Å². The van der Waals surface area contributed by atoms with Crippen molar-refractivity contribution in [1.29, 1.82) is 0 Å². The van der Waals surface area contributed by atoms with Crippen LogP contribution in [0.4, 0.5) is 11.4 Å². The van der Waals surface area contributed by atoms with Gasteiger partial charge in [0.15, 0.2) is 0 Å². The molecular weight excluding hydrogens is 458 g/mol. The third-order valence-corrected chi connectivity index (χ3v) is 6.25. The molecule has 3 N–H and O–H groups in total. The van der Waals surface area contributed by atoms with Crippen LogP contribution in [0.3, 0.4) is 0 Å². The zero-order valence-electron chi connectivity index (χ0n) is 19.5. The molecule has 0 spiro atoms. The van der Waals surface area contributed by atoms with Crippen LogP contribution in [0.1, 0.15) is 40.5 Å². The smallest absolute Gasteiger partial charge is 0.242 e. The lowest BCUT2D eigenvalue weighted by atomic mass is 9.97. The van der Waals surface area contributed by atoms with E-state index in [1.54, 1.807) is 24.3 Å². The number of amides is 2. The van der Waals surface area contributed by atoms with E-state index >= 15 is 0 Å². The van der Waals surface area contributed by atoms with Gasteiger partial charge >= 0.3 is 0 Å². The summed E-state index contributed by atoms with van der Waals surface area (Å²) < 4.78 is 32.9. The summed E-state index contributed by atoms with van der Waals surface area (Å²) in [4.78, 5) is 28.0. The van der Waals surface area contributed by atoms with Gasteiger partial charge in [-0.15, -0.1) is 0 Å². The molecule has 0 fully saturated rings. The number of rotatable bonds is 7. The first-order chi connectivity index (χ1) is 15.8. The second-order valence-corrected chi connectivity index (χ2v) is 10.5. The largest absolute Gasteiger partial charge is 0.338 e. The quantitative estimate of drug-likeness (QED) is 0.466. The van der Waals surface area contributed by atoms with E-state index in [2.05, 4.69) is 25.5 Å². The molecule has 0 bridgehead atoms. The number of hydrogen-bond acceptors (Lipinski definition) is 7. The highest BCUT2D eigenvalue weighted by atomic mass is 32.2. The molecular formula is C23H27N5O5S. The van der Waals surface area contributed by atoms with Gasteiger partial charge in [-0.1, -0.05) is 25.9 Å². The van der Waals surface area contributed by atoms with Crippen molar-refractivity contribution < 1.29 is 22.5 Å². The minimum atomic E-state index is -3.95. The topological polar surface area (TPSA) is 143 Å². The molecule has 0 saturated carbocycles. The molecule has 2 aromatic carbocycles. The Bertz CT molecular complexity index is 1280. The number of nitrogens with one attached hydrogen (secondary N) is 3. The van der Waals surface area contributed by atoms with Crippen molar-refractivity contribution in [3.63, 3.8) is 0 Å². The summed E-state index contributed by atoms with van der Waals surface area (Å²) in [6, 6.07) is 11.4. The van der Waals surface area contributed by atoms with Crippen LogP contribution >= 0.6 is 0 Å². The van der Waals surface area contributed by atoms with E-state index in [1.165, 1.54) is 38.1 Å². The number of anilines is 2. The first kappa shape index (κ1) is 25.1. The van der Waals surface area contributed by atoms with Gasteiger partial charge in [-0.05, 0) is 55.5 Å². The van der Waals surface area contributed by atoms with E-state index in [-0.39, 0.29) is 16.2 Å². The number of sulfonamides is 1. The second kappa shape index (κ2) is 9.74. The third kappa shape index (κ3) is 6.27. The lowest BCUT2D eigenvalue weighted by molar-refractivity contribution is -0.117. The van der Waals surface area contributed by atoms with Crippen LogP contribution in [-0.2, 0) is 25.0 Å². The number of carbonyl (C=O) groups excluding carboxylic acids is 2. The minimum absolute atomic E-state index is 0.0275. The molecule has 1 atom stereocenters. The highest BCUT2D eigenvalue weighted by Crippen LogP contribution is 2.24. The average Bonchev–Trinajstić information content (AvgIpc) is 3.25. The van der Waals surface area contributed by atoms with Crippen LogP contribution in [0.5, 0.6) is 0 Å². The Morgan fingerprint density at radius 3 is 2.03 bits per heavy atom. The molecule has 0 aliphatic heterocycles. The van der Waals surface area contributed by atoms with E-state index in [0.29, 0.717) is 28.7 Å². The molecule has 3 aromatic rings. The Balaban J connectivity index is 1.62. The number of benzene rings is 2. The van der Waals surface area contributed by atoms with Crippen molar-refractivity contribution in [2.45, 2.75) is 51.0 Å². The Labute approximate surface area is 198 Å². The molecule has 0 aliphatic carbocycles. The van der Waals surface area contributed by atoms with Gasteiger partial charge in [-0.3, -0.25) is 9.59 Å². The van der Waals surface area contributed by atoms with Crippen LogP contribution < -0.4 is 15.4 Å². The summed E-state index contributed by atoms with van der Waals surface area (Å²) in [5, 5.41) is 9.23. The summed E-state index contributed by atoms with van der Waals surface area (Å²) in [5.41, 5.74) is 1.40. The Morgan fingerprint density at radius 1 is 0.941 bits per heavy atom. The summed E-state index contributed by atoms with van der Waals surface area (Å²) in [7, 11) is -3.95. The van der Waals surface area contributed by atoms with E-state index in [0.717, 1.165) is 0 Å². The van der Waals surface area contributed by atoms with Crippen LogP contribution in [-0.4, -0.2) is 36.4 Å². The summed E-state index contributed by atoms with van der Waals surface area (Å²) >= 11 is 0. The van der Waals surface area contributed by atoms with Gasteiger partial charge in [0.1, 0.15) is 0 Å². The van der Waals surface area contributed by atoms with Crippen molar-refractivity contribution in [3.8, 4) is 11.4 Å². The second-order valence-electron chi connectivity index (χ2n) is 8.79.